The summed E-state index contributed by atoms with van der Waals surface area (Å²) in [4.78, 5) is 3.91. The monoisotopic (exact) mass is 568 g/mol. The first kappa shape index (κ1) is 27.4. The van der Waals surface area contributed by atoms with Gasteiger partial charge in [-0.25, -0.2) is 23.9 Å². The van der Waals surface area contributed by atoms with E-state index in [0.717, 1.165) is 40.3 Å². The quantitative estimate of drug-likeness (QED) is 0.248. The van der Waals surface area contributed by atoms with Gasteiger partial charge in [0.25, 0.3) is 0 Å². The fourth-order valence-corrected chi connectivity index (χ4v) is 5.06. The Bertz CT molecular complexity index is 1610. The summed E-state index contributed by atoms with van der Waals surface area (Å²) in [5.74, 6) is -0.729. The van der Waals surface area contributed by atoms with Crippen molar-refractivity contribution in [3.63, 3.8) is 0 Å². The third-order valence-electron chi connectivity index (χ3n) is 7.18. The molecule has 0 fully saturated rings. The number of ether oxygens (including phenoxy) is 1. The normalized spacial score (nSPS) is 17.3. The van der Waals surface area contributed by atoms with Crippen LogP contribution in [0.15, 0.2) is 121 Å². The number of hydrogen-bond acceptors (Lipinski definition) is 7. The fourth-order valence-electron chi connectivity index (χ4n) is 5.06. The highest BCUT2D eigenvalue weighted by molar-refractivity contribution is 5.43. The van der Waals surface area contributed by atoms with Crippen molar-refractivity contribution < 1.29 is 18.6 Å². The van der Waals surface area contributed by atoms with Gasteiger partial charge < -0.3 is 20.2 Å². The molecule has 0 saturated carbocycles. The molecule has 214 valence electrons. The van der Waals surface area contributed by atoms with Gasteiger partial charge in [0.1, 0.15) is 42.2 Å². The highest BCUT2D eigenvalue weighted by Crippen LogP contribution is 2.30. The molecule has 1 aliphatic carbocycles. The fraction of sp³-hybridized carbons (Fsp3) is 0.188. The molecule has 1 aliphatic heterocycles. The van der Waals surface area contributed by atoms with E-state index in [9.17, 15) is 13.9 Å². The minimum absolute atomic E-state index is 0.0153. The van der Waals surface area contributed by atoms with Crippen LogP contribution in [0, 0.1) is 11.6 Å². The lowest BCUT2D eigenvalue weighted by molar-refractivity contribution is -0.0195. The molecule has 3 N–H and O–H groups in total. The number of hydrazine groups is 1. The minimum atomic E-state index is -1.73. The zero-order valence-electron chi connectivity index (χ0n) is 22.7. The number of nitrogens with one attached hydrogen (secondary N) is 2. The Morgan fingerprint density at radius 2 is 1.83 bits per heavy atom. The van der Waals surface area contributed by atoms with Crippen LogP contribution in [-0.4, -0.2) is 37.5 Å². The lowest BCUT2D eigenvalue weighted by Crippen LogP contribution is -2.47. The smallest absolute Gasteiger partial charge is 0.137 e. The predicted octanol–water partition coefficient (Wildman–Crippen LogP) is 4.34. The van der Waals surface area contributed by atoms with Crippen molar-refractivity contribution in [2.24, 2.45) is 0 Å². The maximum absolute atomic E-state index is 14.8. The number of nitrogens with zero attached hydrogens (tertiary/aromatic N) is 4. The number of hydrogen-bond donors (Lipinski definition) is 3. The van der Waals surface area contributed by atoms with Crippen LogP contribution in [0.5, 0.6) is 5.75 Å². The maximum Gasteiger partial charge on any atom is 0.137 e. The number of halogens is 2. The second-order valence-corrected chi connectivity index (χ2v) is 10.3. The first-order valence-corrected chi connectivity index (χ1v) is 13.6. The van der Waals surface area contributed by atoms with Gasteiger partial charge in [0.15, 0.2) is 0 Å². The van der Waals surface area contributed by atoms with Gasteiger partial charge in [0.05, 0.1) is 19.1 Å². The summed E-state index contributed by atoms with van der Waals surface area (Å²) in [6.45, 7) is 1.06. The topological polar surface area (TPSA) is 87.5 Å². The summed E-state index contributed by atoms with van der Waals surface area (Å²) in [6, 6.07) is 21.1. The Morgan fingerprint density at radius 3 is 2.60 bits per heavy atom. The van der Waals surface area contributed by atoms with Gasteiger partial charge in [-0.3, -0.25) is 0 Å². The predicted molar refractivity (Wildman–Crippen MR) is 153 cm³/mol. The third kappa shape index (κ3) is 6.40. The van der Waals surface area contributed by atoms with Crippen molar-refractivity contribution in [2.45, 2.75) is 31.3 Å². The summed E-state index contributed by atoms with van der Waals surface area (Å²) in [5.41, 5.74) is 5.71. The van der Waals surface area contributed by atoms with Crippen molar-refractivity contribution in [2.75, 3.05) is 6.54 Å². The lowest BCUT2D eigenvalue weighted by Gasteiger charge is -2.33. The van der Waals surface area contributed by atoms with Crippen LogP contribution in [0.3, 0.4) is 0 Å². The van der Waals surface area contributed by atoms with E-state index >= 15 is 0 Å². The van der Waals surface area contributed by atoms with E-state index in [1.54, 1.807) is 5.01 Å². The van der Waals surface area contributed by atoms with Gasteiger partial charge in [-0.15, -0.1) is 0 Å². The van der Waals surface area contributed by atoms with Crippen molar-refractivity contribution in [1.82, 2.24) is 30.5 Å². The van der Waals surface area contributed by atoms with Crippen LogP contribution >= 0.6 is 0 Å². The standard InChI is InChI=1S/C32H30F2N6O2/c33-26-8-12-29(30(34)15-26)32(41,20-40-22-35-21-37-40)19-39-17-25-14-27(9-13-31(25)38-39)36-16-23-6-10-28(11-7-23)42-18-24-4-2-1-3-5-24/h1-15,17,21-22,31,36,38,41H,16,18-20H2. The summed E-state index contributed by atoms with van der Waals surface area (Å²) in [5, 5.41) is 20.9. The summed E-state index contributed by atoms with van der Waals surface area (Å²) < 4.78 is 35.7. The second-order valence-electron chi connectivity index (χ2n) is 10.3. The van der Waals surface area contributed by atoms with E-state index in [2.05, 4.69) is 20.8 Å². The van der Waals surface area contributed by atoms with Crippen LogP contribution in [0.2, 0.25) is 0 Å². The van der Waals surface area contributed by atoms with Gasteiger partial charge in [-0.2, -0.15) is 5.10 Å². The molecule has 2 atom stereocenters. The van der Waals surface area contributed by atoms with Crippen molar-refractivity contribution in [3.05, 3.63) is 149 Å². The molecule has 0 radical (unpaired) electrons. The van der Waals surface area contributed by atoms with E-state index in [1.807, 2.05) is 79.0 Å². The molecule has 2 aliphatic rings. The Morgan fingerprint density at radius 1 is 1.00 bits per heavy atom. The van der Waals surface area contributed by atoms with E-state index < -0.39 is 17.2 Å². The van der Waals surface area contributed by atoms with Crippen molar-refractivity contribution in [3.8, 4) is 5.75 Å². The molecule has 42 heavy (non-hydrogen) atoms. The highest BCUT2D eigenvalue weighted by atomic mass is 19.1. The van der Waals surface area contributed by atoms with E-state index in [4.69, 9.17) is 4.74 Å². The molecule has 3 aromatic carbocycles. The van der Waals surface area contributed by atoms with Crippen molar-refractivity contribution in [1.29, 1.82) is 0 Å². The molecule has 4 aromatic rings. The van der Waals surface area contributed by atoms with Gasteiger partial charge in [0.2, 0.25) is 0 Å². The van der Waals surface area contributed by atoms with Crippen molar-refractivity contribution >= 4 is 0 Å². The molecule has 6 rings (SSSR count). The molecule has 0 spiro atoms. The molecule has 0 amide bonds. The minimum Gasteiger partial charge on any atom is -0.489 e. The highest BCUT2D eigenvalue weighted by Gasteiger charge is 2.37. The SMILES string of the molecule is OC(CN1C=C2C=C(NCc3ccc(OCc4ccccc4)cc3)C=CC2N1)(Cn1cncn1)c1ccc(F)cc1F. The first-order chi connectivity index (χ1) is 20.4. The molecule has 0 bridgehead atoms. The molecular weight excluding hydrogens is 538 g/mol. The van der Waals surface area contributed by atoms with Gasteiger partial charge in [0, 0.05) is 30.1 Å². The van der Waals surface area contributed by atoms with Crippen LogP contribution < -0.4 is 15.5 Å². The zero-order valence-corrected chi connectivity index (χ0v) is 22.7. The van der Waals surface area contributed by atoms with E-state index in [1.165, 1.54) is 23.4 Å². The Balaban J connectivity index is 1.09. The van der Waals surface area contributed by atoms with Gasteiger partial charge >= 0.3 is 0 Å². The molecule has 2 heterocycles. The summed E-state index contributed by atoms with van der Waals surface area (Å²) in [7, 11) is 0. The summed E-state index contributed by atoms with van der Waals surface area (Å²) >= 11 is 0. The molecule has 8 nitrogen and oxygen atoms in total. The van der Waals surface area contributed by atoms with Crippen LogP contribution in [0.25, 0.3) is 0 Å². The number of aliphatic hydroxyl groups is 1. The maximum atomic E-state index is 14.8. The first-order valence-electron chi connectivity index (χ1n) is 13.6. The Hall–Kier alpha value is -4.80. The third-order valence-corrected chi connectivity index (χ3v) is 7.18. The molecule has 0 saturated heterocycles. The van der Waals surface area contributed by atoms with Crippen LogP contribution in [0.1, 0.15) is 16.7 Å². The number of fused-ring (bicyclic) bond motifs is 1. The summed E-state index contributed by atoms with van der Waals surface area (Å²) in [6.07, 6.45) is 10.7. The van der Waals surface area contributed by atoms with Crippen LogP contribution in [-0.2, 0) is 25.3 Å². The molecule has 10 heteroatoms. The average Bonchev–Trinajstić information content (AvgIpc) is 3.64. The zero-order chi connectivity index (χ0) is 28.9. The molecular formula is C32H30F2N6O2. The number of β-amino-alcohol motifs (C(OH)–C–C–N with tert-alkyl or cyclic N) is 1. The number of allylic oxidation sites excluding steroid dienone is 1. The van der Waals surface area contributed by atoms with E-state index in [0.29, 0.717) is 13.2 Å². The average molecular weight is 569 g/mol. The van der Waals surface area contributed by atoms with Crippen LogP contribution in [0.4, 0.5) is 8.78 Å². The van der Waals surface area contributed by atoms with E-state index in [-0.39, 0.29) is 24.7 Å². The number of benzene rings is 3. The second kappa shape index (κ2) is 12.0. The van der Waals surface area contributed by atoms with Gasteiger partial charge in [-0.05, 0) is 47.1 Å². The number of rotatable bonds is 11. The Kier molecular flexibility index (Phi) is 7.81. The molecule has 2 unspecified atom stereocenters. The largest absolute Gasteiger partial charge is 0.489 e. The Labute approximate surface area is 242 Å². The van der Waals surface area contributed by atoms with Gasteiger partial charge in [-0.1, -0.05) is 54.6 Å². The number of aromatic nitrogens is 3. The lowest BCUT2D eigenvalue weighted by atomic mass is 9.92. The molecule has 1 aromatic heterocycles.